The SMILES string of the molecule is CC(=O)NC(CC(=O)Nc1ccccc1)c1cccs1. The first kappa shape index (κ1) is 14.3. The van der Waals surface area contributed by atoms with Gasteiger partial charge in [-0.25, -0.2) is 0 Å². The van der Waals surface area contributed by atoms with E-state index in [1.807, 2.05) is 47.8 Å². The number of rotatable bonds is 5. The molecule has 1 aromatic heterocycles. The van der Waals surface area contributed by atoms with Crippen molar-refractivity contribution in [1.29, 1.82) is 0 Å². The molecule has 0 radical (unpaired) electrons. The standard InChI is InChI=1S/C15H16N2O2S/c1-11(18)16-13(14-8-5-9-20-14)10-15(19)17-12-6-3-2-4-7-12/h2-9,13H,10H2,1H3,(H,16,18)(H,17,19). The van der Waals surface area contributed by atoms with Crippen LogP contribution in [0.1, 0.15) is 24.3 Å². The normalized spacial score (nSPS) is 11.7. The quantitative estimate of drug-likeness (QED) is 0.888. The first-order valence-corrected chi connectivity index (χ1v) is 7.18. The second-order valence-corrected chi connectivity index (χ2v) is 5.37. The van der Waals surface area contributed by atoms with Gasteiger partial charge in [-0.15, -0.1) is 11.3 Å². The fraction of sp³-hybridized carbons (Fsp3) is 0.200. The second kappa shape index (κ2) is 6.86. The average molecular weight is 288 g/mol. The average Bonchev–Trinajstić information content (AvgIpc) is 2.92. The van der Waals surface area contributed by atoms with Crippen LogP contribution in [-0.4, -0.2) is 11.8 Å². The highest BCUT2D eigenvalue weighted by atomic mass is 32.1. The summed E-state index contributed by atoms with van der Waals surface area (Å²) in [4.78, 5) is 24.3. The van der Waals surface area contributed by atoms with Crippen molar-refractivity contribution in [2.24, 2.45) is 0 Å². The van der Waals surface area contributed by atoms with Gasteiger partial charge in [0.1, 0.15) is 0 Å². The highest BCUT2D eigenvalue weighted by Crippen LogP contribution is 2.22. The van der Waals surface area contributed by atoms with E-state index >= 15 is 0 Å². The zero-order chi connectivity index (χ0) is 14.4. The third-order valence-electron chi connectivity index (χ3n) is 2.71. The molecule has 1 heterocycles. The fourth-order valence-corrected chi connectivity index (χ4v) is 2.65. The molecule has 0 aliphatic rings. The highest BCUT2D eigenvalue weighted by molar-refractivity contribution is 7.10. The molecule has 1 aromatic carbocycles. The van der Waals surface area contributed by atoms with Gasteiger partial charge >= 0.3 is 0 Å². The number of anilines is 1. The minimum Gasteiger partial charge on any atom is -0.348 e. The van der Waals surface area contributed by atoms with Crippen molar-refractivity contribution in [3.05, 3.63) is 52.7 Å². The van der Waals surface area contributed by atoms with Crippen LogP contribution in [0, 0.1) is 0 Å². The first-order chi connectivity index (χ1) is 9.65. The summed E-state index contributed by atoms with van der Waals surface area (Å²) in [5.74, 6) is -0.265. The minimum absolute atomic E-state index is 0.122. The Hall–Kier alpha value is -2.14. The molecule has 2 N–H and O–H groups in total. The molecular weight excluding hydrogens is 272 g/mol. The summed E-state index contributed by atoms with van der Waals surface area (Å²) in [6.45, 7) is 1.45. The van der Waals surface area contributed by atoms with Crippen LogP contribution in [0.4, 0.5) is 5.69 Å². The summed E-state index contributed by atoms with van der Waals surface area (Å²) < 4.78 is 0. The number of carbonyl (C=O) groups excluding carboxylic acids is 2. The first-order valence-electron chi connectivity index (χ1n) is 6.30. The van der Waals surface area contributed by atoms with Gasteiger partial charge in [0.15, 0.2) is 0 Å². The molecule has 0 bridgehead atoms. The number of para-hydroxylation sites is 1. The van der Waals surface area contributed by atoms with Crippen molar-refractivity contribution in [1.82, 2.24) is 5.32 Å². The number of hydrogen-bond acceptors (Lipinski definition) is 3. The van der Waals surface area contributed by atoms with Gasteiger partial charge in [-0.3, -0.25) is 9.59 Å². The maximum Gasteiger partial charge on any atom is 0.226 e. The van der Waals surface area contributed by atoms with Gasteiger partial charge in [0.05, 0.1) is 12.5 Å². The van der Waals surface area contributed by atoms with E-state index in [2.05, 4.69) is 10.6 Å². The van der Waals surface area contributed by atoms with E-state index in [9.17, 15) is 9.59 Å². The molecule has 104 valence electrons. The summed E-state index contributed by atoms with van der Waals surface area (Å²) in [6.07, 6.45) is 0.217. The van der Waals surface area contributed by atoms with E-state index in [1.165, 1.54) is 18.3 Å². The molecule has 2 aromatic rings. The summed E-state index contributed by atoms with van der Waals surface area (Å²) in [5.41, 5.74) is 0.755. The number of thiophene rings is 1. The maximum atomic E-state index is 12.0. The molecule has 0 fully saturated rings. The monoisotopic (exact) mass is 288 g/mol. The van der Waals surface area contributed by atoms with Crippen molar-refractivity contribution in [2.75, 3.05) is 5.32 Å². The van der Waals surface area contributed by atoms with E-state index in [0.29, 0.717) is 0 Å². The molecule has 20 heavy (non-hydrogen) atoms. The Morgan fingerprint density at radius 1 is 1.15 bits per heavy atom. The molecule has 0 aliphatic heterocycles. The van der Waals surface area contributed by atoms with Crippen molar-refractivity contribution >= 4 is 28.8 Å². The number of hydrogen-bond donors (Lipinski definition) is 2. The zero-order valence-corrected chi connectivity index (χ0v) is 11.9. The van der Waals surface area contributed by atoms with Gasteiger partial charge in [-0.1, -0.05) is 24.3 Å². The van der Waals surface area contributed by atoms with Gasteiger partial charge in [0.25, 0.3) is 0 Å². The van der Waals surface area contributed by atoms with Gasteiger partial charge in [0, 0.05) is 17.5 Å². The third kappa shape index (κ3) is 4.20. The van der Waals surface area contributed by atoms with E-state index in [1.54, 1.807) is 0 Å². The molecule has 5 heteroatoms. The van der Waals surface area contributed by atoms with Crippen LogP contribution in [0.5, 0.6) is 0 Å². The number of amides is 2. The Bertz CT molecular complexity index is 567. The lowest BCUT2D eigenvalue weighted by Gasteiger charge is -2.16. The van der Waals surface area contributed by atoms with Crippen LogP contribution in [0.15, 0.2) is 47.8 Å². The molecule has 4 nitrogen and oxygen atoms in total. The van der Waals surface area contributed by atoms with Crippen LogP contribution in [0.25, 0.3) is 0 Å². The third-order valence-corrected chi connectivity index (χ3v) is 3.70. The Labute approximate surface area is 121 Å². The summed E-state index contributed by atoms with van der Waals surface area (Å²) in [7, 11) is 0. The van der Waals surface area contributed by atoms with Crippen LogP contribution in [0.2, 0.25) is 0 Å². The molecule has 2 amide bonds. The lowest BCUT2D eigenvalue weighted by atomic mass is 10.1. The Balaban J connectivity index is 2.00. The van der Waals surface area contributed by atoms with E-state index in [-0.39, 0.29) is 24.3 Å². The van der Waals surface area contributed by atoms with Crippen LogP contribution < -0.4 is 10.6 Å². The minimum atomic E-state index is -0.281. The molecule has 1 unspecified atom stereocenters. The molecule has 1 atom stereocenters. The van der Waals surface area contributed by atoms with Gasteiger partial charge in [-0.05, 0) is 23.6 Å². The summed E-state index contributed by atoms with van der Waals surface area (Å²) >= 11 is 1.53. The van der Waals surface area contributed by atoms with Crippen LogP contribution in [0.3, 0.4) is 0 Å². The highest BCUT2D eigenvalue weighted by Gasteiger charge is 2.17. The van der Waals surface area contributed by atoms with E-state index < -0.39 is 0 Å². The molecule has 0 saturated carbocycles. The molecule has 0 aliphatic carbocycles. The molecular formula is C15H16N2O2S. The van der Waals surface area contributed by atoms with E-state index in [4.69, 9.17) is 0 Å². The Morgan fingerprint density at radius 3 is 2.50 bits per heavy atom. The fourth-order valence-electron chi connectivity index (χ4n) is 1.88. The Morgan fingerprint density at radius 2 is 1.90 bits per heavy atom. The largest absolute Gasteiger partial charge is 0.348 e. The summed E-state index contributed by atoms with van der Waals surface area (Å²) in [6, 6.07) is 12.8. The predicted octanol–water partition coefficient (Wildman–Crippen LogP) is 2.95. The van der Waals surface area contributed by atoms with Gasteiger partial charge in [-0.2, -0.15) is 0 Å². The number of carbonyl (C=O) groups is 2. The number of benzene rings is 1. The zero-order valence-electron chi connectivity index (χ0n) is 11.1. The molecule has 0 saturated heterocycles. The van der Waals surface area contributed by atoms with Crippen molar-refractivity contribution in [3.63, 3.8) is 0 Å². The number of nitrogens with one attached hydrogen (secondary N) is 2. The van der Waals surface area contributed by atoms with Crippen LogP contribution in [-0.2, 0) is 9.59 Å². The lowest BCUT2D eigenvalue weighted by molar-refractivity contribution is -0.120. The Kier molecular flexibility index (Phi) is 4.90. The topological polar surface area (TPSA) is 58.2 Å². The van der Waals surface area contributed by atoms with Gasteiger partial charge < -0.3 is 10.6 Å². The van der Waals surface area contributed by atoms with Crippen molar-refractivity contribution in [2.45, 2.75) is 19.4 Å². The van der Waals surface area contributed by atoms with Gasteiger partial charge in [0.2, 0.25) is 11.8 Å². The molecule has 2 rings (SSSR count). The summed E-state index contributed by atoms with van der Waals surface area (Å²) in [5, 5.41) is 7.56. The predicted molar refractivity (Wildman–Crippen MR) is 80.6 cm³/mol. The lowest BCUT2D eigenvalue weighted by Crippen LogP contribution is -2.29. The maximum absolute atomic E-state index is 12.0. The molecule has 0 spiro atoms. The van der Waals surface area contributed by atoms with Crippen LogP contribution >= 0.6 is 11.3 Å². The smallest absolute Gasteiger partial charge is 0.226 e. The van der Waals surface area contributed by atoms with Crippen molar-refractivity contribution < 1.29 is 9.59 Å². The van der Waals surface area contributed by atoms with Crippen molar-refractivity contribution in [3.8, 4) is 0 Å². The van der Waals surface area contributed by atoms with E-state index in [0.717, 1.165) is 10.6 Å². The second-order valence-electron chi connectivity index (χ2n) is 4.39.